The molecule has 9 nitrogen and oxygen atoms in total. The number of rotatable bonds is 10. The summed E-state index contributed by atoms with van der Waals surface area (Å²) in [6.07, 6.45) is 6.73. The van der Waals surface area contributed by atoms with Crippen LogP contribution in [0.1, 0.15) is 16.3 Å². The number of imidazole rings is 1. The molecule has 6 aromatic rings. The Morgan fingerprint density at radius 3 is 2.51 bits per heavy atom. The molecule has 1 N–H and O–H groups in total. The number of ether oxygens (including phenoxy) is 3. The second-order valence-corrected chi connectivity index (χ2v) is 9.81. The fourth-order valence-electron chi connectivity index (χ4n) is 4.11. The molecule has 6 rings (SSSR count). The van der Waals surface area contributed by atoms with E-state index in [1.807, 2.05) is 71.4 Å². The van der Waals surface area contributed by atoms with E-state index in [4.69, 9.17) is 14.2 Å². The van der Waals surface area contributed by atoms with Gasteiger partial charge >= 0.3 is 0 Å². The molecule has 0 aliphatic heterocycles. The van der Waals surface area contributed by atoms with Gasteiger partial charge in [0.25, 0.3) is 5.79 Å². The number of thiophene rings is 1. The normalized spacial score (nSPS) is 12.6. The van der Waals surface area contributed by atoms with Gasteiger partial charge < -0.3 is 19.2 Å². The average molecular weight is 555 g/mol. The second-order valence-electron chi connectivity index (χ2n) is 8.23. The molecule has 0 fully saturated rings. The van der Waals surface area contributed by atoms with Crippen LogP contribution in [0.25, 0.3) is 22.6 Å². The Bertz CT molecular complexity index is 1640. The summed E-state index contributed by atoms with van der Waals surface area (Å²) in [7, 11) is 1.59. The minimum Gasteiger partial charge on any atom is -0.484 e. The Balaban J connectivity index is 1.38. The first-order valence-corrected chi connectivity index (χ1v) is 13.7. The van der Waals surface area contributed by atoms with Crippen molar-refractivity contribution in [1.29, 1.82) is 0 Å². The monoisotopic (exact) mass is 554 g/mol. The summed E-state index contributed by atoms with van der Waals surface area (Å²) in [5.74, 6) is -0.367. The molecule has 0 aromatic carbocycles. The largest absolute Gasteiger partial charge is 0.484 e. The molecule has 0 bridgehead atoms. The number of hydrogen-bond acceptors (Lipinski definition) is 10. The minimum atomic E-state index is -1.31. The molecule has 6 heterocycles. The number of aromatic nitrogens is 6. The Morgan fingerprint density at radius 2 is 1.74 bits per heavy atom. The van der Waals surface area contributed by atoms with Gasteiger partial charge in [-0.1, -0.05) is 18.2 Å². The first-order chi connectivity index (χ1) is 19.3. The average Bonchev–Trinajstić information content (AvgIpc) is 3.79. The Hall–Kier alpha value is -4.45. The summed E-state index contributed by atoms with van der Waals surface area (Å²) in [4.78, 5) is 22.1. The highest BCUT2D eigenvalue weighted by molar-refractivity contribution is 7.10. The van der Waals surface area contributed by atoms with Crippen molar-refractivity contribution < 1.29 is 14.2 Å². The zero-order valence-electron chi connectivity index (χ0n) is 20.7. The Labute approximate surface area is 232 Å². The van der Waals surface area contributed by atoms with E-state index in [1.54, 1.807) is 32.0 Å². The van der Waals surface area contributed by atoms with Crippen molar-refractivity contribution in [1.82, 2.24) is 29.3 Å². The van der Waals surface area contributed by atoms with Gasteiger partial charge in [-0.3, -0.25) is 15.0 Å². The van der Waals surface area contributed by atoms with Gasteiger partial charge in [-0.2, -0.15) is 4.37 Å². The lowest BCUT2D eigenvalue weighted by Gasteiger charge is -2.30. The fraction of sp³-hybridized carbons (Fsp3) is 0.107. The van der Waals surface area contributed by atoms with E-state index < -0.39 is 5.79 Å². The summed E-state index contributed by atoms with van der Waals surface area (Å²) in [5.41, 5.74) is 4.03. The number of pyridine rings is 3. The number of methoxy groups -OCH3 is 1. The Kier molecular flexibility index (Phi) is 7.09. The van der Waals surface area contributed by atoms with E-state index in [9.17, 15) is 0 Å². The topological polar surface area (TPSA) is 108 Å². The number of H-pyrrole nitrogens is 1. The van der Waals surface area contributed by atoms with Crippen LogP contribution in [0.5, 0.6) is 11.6 Å². The summed E-state index contributed by atoms with van der Waals surface area (Å²) in [6, 6.07) is 19.0. The highest BCUT2D eigenvalue weighted by Crippen LogP contribution is 2.42. The van der Waals surface area contributed by atoms with E-state index in [0.29, 0.717) is 41.0 Å². The molecule has 194 valence electrons. The van der Waals surface area contributed by atoms with Gasteiger partial charge in [-0.25, -0.2) is 4.98 Å². The van der Waals surface area contributed by atoms with E-state index in [0.717, 1.165) is 16.1 Å². The molecule has 0 saturated heterocycles. The molecule has 0 aliphatic rings. The third-order valence-electron chi connectivity index (χ3n) is 5.92. The molecule has 39 heavy (non-hydrogen) atoms. The molecule has 6 aromatic heterocycles. The molecule has 1 atom stereocenters. The SMILES string of the molecule is COC(Oc1nc[nH]c1-c1ncccc1-c1nscc1OCc1ccccn1)(c1ccccn1)c1cccs1. The maximum Gasteiger partial charge on any atom is 0.292 e. The van der Waals surface area contributed by atoms with Gasteiger partial charge in [0.15, 0.2) is 5.75 Å². The standard InChI is InChI=1S/C28H22N6O3S2/c1-35-28(23-11-7-15-38-23,22-10-3-5-13-30-22)37-27-26(32-18-33-27)25-20(9-6-14-31-25)24-21(17-39-34-24)36-16-19-8-2-4-12-29-19/h2-15,17-18H,16H2,1H3,(H,32,33). The number of hydrogen-bond donors (Lipinski definition) is 1. The fourth-order valence-corrected chi connectivity index (χ4v) is 5.57. The van der Waals surface area contributed by atoms with Crippen molar-refractivity contribution in [3.63, 3.8) is 0 Å². The van der Waals surface area contributed by atoms with Crippen LogP contribution in [0, 0.1) is 0 Å². The van der Waals surface area contributed by atoms with Crippen LogP contribution in [-0.2, 0) is 17.1 Å². The Morgan fingerprint density at radius 1 is 0.872 bits per heavy atom. The van der Waals surface area contributed by atoms with Gasteiger partial charge in [0.1, 0.15) is 29.4 Å². The highest BCUT2D eigenvalue weighted by atomic mass is 32.1. The summed E-state index contributed by atoms with van der Waals surface area (Å²) in [5, 5.41) is 3.83. The zero-order chi connectivity index (χ0) is 26.5. The predicted octanol–water partition coefficient (Wildman–Crippen LogP) is 5.95. The maximum atomic E-state index is 6.60. The minimum absolute atomic E-state index is 0.307. The third-order valence-corrected chi connectivity index (χ3v) is 7.48. The van der Waals surface area contributed by atoms with Crippen molar-refractivity contribution in [2.24, 2.45) is 0 Å². The molecule has 0 radical (unpaired) electrons. The van der Waals surface area contributed by atoms with Crippen molar-refractivity contribution in [3.05, 3.63) is 113 Å². The smallest absolute Gasteiger partial charge is 0.292 e. The van der Waals surface area contributed by atoms with Crippen molar-refractivity contribution in [2.75, 3.05) is 7.11 Å². The quantitative estimate of drug-likeness (QED) is 0.207. The van der Waals surface area contributed by atoms with E-state index in [1.165, 1.54) is 22.9 Å². The van der Waals surface area contributed by atoms with Crippen molar-refractivity contribution in [3.8, 4) is 34.3 Å². The molecule has 11 heteroatoms. The van der Waals surface area contributed by atoms with Gasteiger partial charge in [0, 0.05) is 31.3 Å². The van der Waals surface area contributed by atoms with Gasteiger partial charge in [-0.05, 0) is 59.4 Å². The molecule has 0 saturated carbocycles. The molecule has 0 spiro atoms. The van der Waals surface area contributed by atoms with Gasteiger partial charge in [-0.15, -0.1) is 11.3 Å². The molecule has 0 amide bonds. The van der Waals surface area contributed by atoms with E-state index in [2.05, 4.69) is 29.3 Å². The third kappa shape index (κ3) is 4.90. The predicted molar refractivity (Wildman–Crippen MR) is 148 cm³/mol. The first-order valence-electron chi connectivity index (χ1n) is 11.9. The van der Waals surface area contributed by atoms with Crippen LogP contribution in [0.4, 0.5) is 0 Å². The molecular weight excluding hydrogens is 532 g/mol. The van der Waals surface area contributed by atoms with Crippen LogP contribution in [0.2, 0.25) is 0 Å². The van der Waals surface area contributed by atoms with Gasteiger partial charge in [0.2, 0.25) is 5.88 Å². The lowest BCUT2D eigenvalue weighted by molar-refractivity contribution is -0.140. The number of nitrogens with zero attached hydrogens (tertiary/aromatic N) is 5. The van der Waals surface area contributed by atoms with Crippen molar-refractivity contribution >= 4 is 22.9 Å². The maximum absolute atomic E-state index is 6.60. The lowest BCUT2D eigenvalue weighted by Crippen LogP contribution is -2.37. The molecule has 0 aliphatic carbocycles. The second kappa shape index (κ2) is 11.1. The number of nitrogens with one attached hydrogen (secondary N) is 1. The highest BCUT2D eigenvalue weighted by Gasteiger charge is 2.41. The summed E-state index contributed by atoms with van der Waals surface area (Å²) >= 11 is 2.81. The lowest BCUT2D eigenvalue weighted by atomic mass is 10.1. The zero-order valence-corrected chi connectivity index (χ0v) is 22.4. The van der Waals surface area contributed by atoms with Crippen molar-refractivity contribution in [2.45, 2.75) is 12.4 Å². The van der Waals surface area contributed by atoms with E-state index >= 15 is 0 Å². The van der Waals surface area contributed by atoms with Crippen LogP contribution in [0.3, 0.4) is 0 Å². The van der Waals surface area contributed by atoms with Crippen LogP contribution in [-0.4, -0.2) is 36.4 Å². The molecule has 1 unspecified atom stereocenters. The van der Waals surface area contributed by atoms with Gasteiger partial charge in [0.05, 0.1) is 22.3 Å². The summed E-state index contributed by atoms with van der Waals surface area (Å²) in [6.45, 7) is 0.321. The first kappa shape index (κ1) is 24.9. The molecular formula is C28H22N6O3S2. The van der Waals surface area contributed by atoms with Crippen LogP contribution in [0.15, 0.2) is 96.3 Å². The summed E-state index contributed by atoms with van der Waals surface area (Å²) < 4.78 is 23.4. The van der Waals surface area contributed by atoms with E-state index in [-0.39, 0.29) is 0 Å². The number of aromatic amines is 1. The van der Waals surface area contributed by atoms with Crippen LogP contribution >= 0.6 is 22.9 Å². The van der Waals surface area contributed by atoms with Crippen LogP contribution < -0.4 is 9.47 Å².